The summed E-state index contributed by atoms with van der Waals surface area (Å²) in [5, 5.41) is 0. The van der Waals surface area contributed by atoms with Gasteiger partial charge in [0.25, 0.3) is 0 Å². The van der Waals surface area contributed by atoms with Gasteiger partial charge in [0.15, 0.2) is 5.78 Å². The zero-order valence-corrected chi connectivity index (χ0v) is 21.9. The first-order valence-electron chi connectivity index (χ1n) is 13.5. The van der Waals surface area contributed by atoms with Crippen molar-refractivity contribution < 1.29 is 4.79 Å². The second-order valence-corrected chi connectivity index (χ2v) is 9.99. The molecular weight excluding hydrogens is 438 g/mol. The monoisotopic (exact) mass is 477 g/mol. The summed E-state index contributed by atoms with van der Waals surface area (Å²) in [4.78, 5) is 16.0. The third-order valence-corrected chi connectivity index (χ3v) is 6.90. The van der Waals surface area contributed by atoms with Gasteiger partial charge in [-0.25, -0.2) is 0 Å². The molecule has 0 bridgehead atoms. The number of nitrogens with zero attached hydrogens (tertiary/aromatic N) is 1. The lowest BCUT2D eigenvalue weighted by molar-refractivity contribution is -0.113. The quantitative estimate of drug-likeness (QED) is 0.276. The van der Waals surface area contributed by atoms with Crippen LogP contribution in [-0.2, 0) is 24.2 Å². The van der Waals surface area contributed by atoms with E-state index in [0.717, 1.165) is 41.7 Å². The summed E-state index contributed by atoms with van der Waals surface area (Å²) in [6, 6.07) is 28.0. The molecule has 1 aliphatic heterocycles. The normalized spacial score (nSPS) is 16.7. The minimum atomic E-state index is 0.171. The van der Waals surface area contributed by atoms with Gasteiger partial charge in [-0.2, -0.15) is 0 Å². The fourth-order valence-electron chi connectivity index (χ4n) is 4.79. The van der Waals surface area contributed by atoms with Crippen molar-refractivity contribution in [2.45, 2.75) is 58.9 Å². The van der Waals surface area contributed by atoms with Crippen LogP contribution in [0.25, 0.3) is 12.2 Å². The van der Waals surface area contributed by atoms with Gasteiger partial charge in [-0.3, -0.25) is 9.69 Å². The van der Waals surface area contributed by atoms with Crippen LogP contribution in [0.4, 0.5) is 0 Å². The Morgan fingerprint density at radius 1 is 0.639 bits per heavy atom. The second kappa shape index (κ2) is 13.2. The fourth-order valence-corrected chi connectivity index (χ4v) is 4.79. The summed E-state index contributed by atoms with van der Waals surface area (Å²) >= 11 is 0. The maximum absolute atomic E-state index is 13.6. The molecule has 2 nitrogen and oxygen atoms in total. The van der Waals surface area contributed by atoms with E-state index in [2.05, 4.69) is 104 Å². The molecule has 0 saturated carbocycles. The standard InChI is InChI=1S/C34H39NO/c1-3-5-10-27-14-18-29(19-15-27)22-32-25-35(24-31-12-8-7-9-13-31)26-33(34(32)36)23-30-20-16-28(17-21-30)11-6-4-2/h7-9,12-23H,3-6,10-11,24-26H2,1-2H3/b32-22+,33-23+. The molecule has 186 valence electrons. The van der Waals surface area contributed by atoms with Crippen LogP contribution < -0.4 is 0 Å². The van der Waals surface area contributed by atoms with Gasteiger partial charge >= 0.3 is 0 Å². The van der Waals surface area contributed by atoms with Crippen LogP contribution >= 0.6 is 0 Å². The maximum atomic E-state index is 13.6. The van der Waals surface area contributed by atoms with Crippen LogP contribution in [0.2, 0.25) is 0 Å². The molecular formula is C34H39NO. The number of ketones is 1. The molecule has 0 aliphatic carbocycles. The first-order chi connectivity index (χ1) is 17.6. The van der Waals surface area contributed by atoms with Crippen molar-refractivity contribution in [3.05, 3.63) is 118 Å². The first-order valence-corrected chi connectivity index (χ1v) is 13.5. The van der Waals surface area contributed by atoms with E-state index >= 15 is 0 Å². The summed E-state index contributed by atoms with van der Waals surface area (Å²) in [6.07, 6.45) is 11.2. The third-order valence-electron chi connectivity index (χ3n) is 6.90. The number of piperidine rings is 1. The second-order valence-electron chi connectivity index (χ2n) is 9.99. The molecule has 0 radical (unpaired) electrons. The van der Waals surface area contributed by atoms with Crippen molar-refractivity contribution in [1.82, 2.24) is 4.90 Å². The molecule has 0 atom stereocenters. The van der Waals surface area contributed by atoms with E-state index in [1.165, 1.54) is 42.4 Å². The maximum Gasteiger partial charge on any atom is 0.187 e. The third kappa shape index (κ3) is 7.38. The molecule has 0 amide bonds. The highest BCUT2D eigenvalue weighted by atomic mass is 16.1. The highest BCUT2D eigenvalue weighted by molar-refractivity contribution is 6.14. The number of benzene rings is 3. The molecule has 4 rings (SSSR count). The molecule has 1 heterocycles. The summed E-state index contributed by atoms with van der Waals surface area (Å²) in [5.41, 5.74) is 7.92. The lowest BCUT2D eigenvalue weighted by Crippen LogP contribution is -2.37. The molecule has 1 saturated heterocycles. The Hall–Kier alpha value is -3.23. The lowest BCUT2D eigenvalue weighted by Gasteiger charge is -2.30. The van der Waals surface area contributed by atoms with Gasteiger partial charge in [-0.1, -0.05) is 106 Å². The number of carbonyl (C=O) groups is 1. The smallest absolute Gasteiger partial charge is 0.187 e. The highest BCUT2D eigenvalue weighted by Gasteiger charge is 2.26. The Morgan fingerprint density at radius 2 is 1.11 bits per heavy atom. The van der Waals surface area contributed by atoms with Crippen molar-refractivity contribution in [2.75, 3.05) is 13.1 Å². The summed E-state index contributed by atoms with van der Waals surface area (Å²) in [5.74, 6) is 0.171. The molecule has 0 spiro atoms. The number of carbonyl (C=O) groups excluding carboxylic acids is 1. The molecule has 0 N–H and O–H groups in total. The highest BCUT2D eigenvalue weighted by Crippen LogP contribution is 2.24. The Labute approximate surface area is 217 Å². The number of hydrogen-bond acceptors (Lipinski definition) is 2. The Bertz CT molecular complexity index is 1100. The average molecular weight is 478 g/mol. The number of likely N-dealkylation sites (tertiary alicyclic amines) is 1. The van der Waals surface area contributed by atoms with Crippen molar-refractivity contribution in [3.63, 3.8) is 0 Å². The number of aryl methyl sites for hydroxylation is 2. The SMILES string of the molecule is CCCCc1ccc(/C=C2\CN(Cc3ccccc3)C/C(=C\c3ccc(CCCC)cc3)C2=O)cc1. The van der Waals surface area contributed by atoms with Crippen LogP contribution in [0.15, 0.2) is 90.0 Å². The Kier molecular flexibility index (Phi) is 9.47. The largest absolute Gasteiger partial charge is 0.290 e. The average Bonchev–Trinajstić information content (AvgIpc) is 2.91. The van der Waals surface area contributed by atoms with E-state index in [0.29, 0.717) is 13.1 Å². The summed E-state index contributed by atoms with van der Waals surface area (Å²) in [7, 11) is 0. The van der Waals surface area contributed by atoms with Crippen LogP contribution in [0.5, 0.6) is 0 Å². The van der Waals surface area contributed by atoms with E-state index in [9.17, 15) is 4.79 Å². The van der Waals surface area contributed by atoms with E-state index < -0.39 is 0 Å². The van der Waals surface area contributed by atoms with Crippen molar-refractivity contribution in [2.24, 2.45) is 0 Å². The minimum Gasteiger partial charge on any atom is -0.290 e. The van der Waals surface area contributed by atoms with Crippen molar-refractivity contribution in [1.29, 1.82) is 0 Å². The molecule has 3 aromatic carbocycles. The van der Waals surface area contributed by atoms with Gasteiger partial charge in [0.1, 0.15) is 0 Å². The molecule has 3 aromatic rings. The predicted octanol–water partition coefficient (Wildman–Crippen LogP) is 7.92. The summed E-state index contributed by atoms with van der Waals surface area (Å²) in [6.45, 7) is 6.60. The molecule has 1 fully saturated rings. The van der Waals surface area contributed by atoms with Crippen LogP contribution in [-0.4, -0.2) is 23.8 Å². The Balaban J connectivity index is 1.58. The summed E-state index contributed by atoms with van der Waals surface area (Å²) < 4.78 is 0. The van der Waals surface area contributed by atoms with E-state index in [1.54, 1.807) is 0 Å². The van der Waals surface area contributed by atoms with Gasteiger partial charge in [0.05, 0.1) is 0 Å². The minimum absolute atomic E-state index is 0.171. The first kappa shape index (κ1) is 25.9. The van der Waals surface area contributed by atoms with E-state index in [4.69, 9.17) is 0 Å². The molecule has 1 aliphatic rings. The van der Waals surface area contributed by atoms with E-state index in [-0.39, 0.29) is 5.78 Å². The predicted molar refractivity (Wildman–Crippen MR) is 153 cm³/mol. The van der Waals surface area contributed by atoms with Crippen molar-refractivity contribution in [3.8, 4) is 0 Å². The van der Waals surface area contributed by atoms with Crippen LogP contribution in [0, 0.1) is 0 Å². The van der Waals surface area contributed by atoms with Crippen molar-refractivity contribution >= 4 is 17.9 Å². The van der Waals surface area contributed by atoms with Gasteiger partial charge in [-0.05, 0) is 65.7 Å². The van der Waals surface area contributed by atoms with Crippen LogP contribution in [0.3, 0.4) is 0 Å². The fraction of sp³-hybridized carbons (Fsp3) is 0.324. The number of rotatable bonds is 10. The number of Topliss-reactive ketones (excluding diaryl/α,β-unsaturated/α-hetero) is 1. The molecule has 0 aromatic heterocycles. The van der Waals surface area contributed by atoms with Gasteiger partial charge in [0.2, 0.25) is 0 Å². The number of unbranched alkanes of at least 4 members (excludes halogenated alkanes) is 2. The molecule has 0 unspecified atom stereocenters. The topological polar surface area (TPSA) is 20.3 Å². The molecule has 36 heavy (non-hydrogen) atoms. The zero-order chi connectivity index (χ0) is 25.2. The van der Waals surface area contributed by atoms with E-state index in [1.807, 2.05) is 6.07 Å². The number of hydrogen-bond donors (Lipinski definition) is 0. The van der Waals surface area contributed by atoms with Gasteiger partial charge < -0.3 is 0 Å². The van der Waals surface area contributed by atoms with Gasteiger partial charge in [0, 0.05) is 30.8 Å². The zero-order valence-electron chi connectivity index (χ0n) is 21.9. The van der Waals surface area contributed by atoms with Crippen LogP contribution in [0.1, 0.15) is 67.3 Å². The lowest BCUT2D eigenvalue weighted by atomic mass is 9.93. The molecule has 2 heteroatoms. The van der Waals surface area contributed by atoms with Gasteiger partial charge in [-0.15, -0.1) is 0 Å². The Morgan fingerprint density at radius 3 is 1.56 bits per heavy atom.